The molecule has 0 aliphatic heterocycles. The lowest BCUT2D eigenvalue weighted by Gasteiger charge is -2.03. The van der Waals surface area contributed by atoms with Crippen molar-refractivity contribution in [3.8, 4) is 0 Å². The van der Waals surface area contributed by atoms with Crippen molar-refractivity contribution >= 4 is 28.5 Å². The van der Waals surface area contributed by atoms with Crippen molar-refractivity contribution in [2.75, 3.05) is 0 Å². The summed E-state index contributed by atoms with van der Waals surface area (Å²) < 4.78 is 1.89. The Kier molecular flexibility index (Phi) is 2.88. The van der Waals surface area contributed by atoms with Gasteiger partial charge in [0, 0.05) is 23.6 Å². The number of aromatic nitrogens is 1. The van der Waals surface area contributed by atoms with Crippen molar-refractivity contribution in [3.05, 3.63) is 35.0 Å². The molecule has 0 fully saturated rings. The second-order valence-corrected chi connectivity index (χ2v) is 4.19. The van der Waals surface area contributed by atoms with E-state index in [1.54, 1.807) is 6.20 Å². The Bertz CT molecular complexity index is 545. The summed E-state index contributed by atoms with van der Waals surface area (Å²) in [7, 11) is 0. The van der Waals surface area contributed by atoms with Crippen LogP contribution in [0.4, 0.5) is 0 Å². The summed E-state index contributed by atoms with van der Waals surface area (Å²) in [5, 5.41) is 10.3. The van der Waals surface area contributed by atoms with E-state index < -0.39 is 5.97 Å². The van der Waals surface area contributed by atoms with Gasteiger partial charge in [-0.1, -0.05) is 23.7 Å². The second kappa shape index (κ2) is 4.18. The molecule has 2 rings (SSSR count). The zero-order valence-electron chi connectivity index (χ0n) is 8.90. The number of nitrogens with zero attached hydrogens (tertiary/aromatic N) is 1. The first kappa shape index (κ1) is 11.0. The van der Waals surface area contributed by atoms with Gasteiger partial charge in [0.1, 0.15) is 0 Å². The third-order valence-electron chi connectivity index (χ3n) is 2.63. The molecule has 0 amide bonds. The molecule has 0 saturated carbocycles. The number of benzene rings is 1. The molecule has 0 saturated heterocycles. The van der Waals surface area contributed by atoms with Gasteiger partial charge in [-0.2, -0.15) is 0 Å². The molecule has 0 aliphatic rings. The predicted octanol–water partition coefficient (Wildman–Crippen LogP) is 3.08. The average Bonchev–Trinajstić information content (AvgIpc) is 2.54. The van der Waals surface area contributed by atoms with Gasteiger partial charge in [0.15, 0.2) is 0 Å². The quantitative estimate of drug-likeness (QED) is 0.892. The van der Waals surface area contributed by atoms with E-state index in [0.29, 0.717) is 11.6 Å². The van der Waals surface area contributed by atoms with E-state index in [1.165, 1.54) is 0 Å². The third-order valence-corrected chi connectivity index (χ3v) is 2.92. The number of hydrogen-bond donors (Lipinski definition) is 1. The number of carboxylic acids is 1. The Hall–Kier alpha value is -1.48. The van der Waals surface area contributed by atoms with Crippen LogP contribution in [0.25, 0.3) is 10.9 Å². The maximum atomic E-state index is 10.5. The van der Waals surface area contributed by atoms with E-state index in [9.17, 15) is 4.79 Å². The van der Waals surface area contributed by atoms with Gasteiger partial charge in [0.25, 0.3) is 0 Å². The van der Waals surface area contributed by atoms with Gasteiger partial charge in [-0.3, -0.25) is 4.79 Å². The van der Waals surface area contributed by atoms with Crippen molar-refractivity contribution < 1.29 is 9.90 Å². The Morgan fingerprint density at radius 2 is 2.25 bits per heavy atom. The van der Waals surface area contributed by atoms with Crippen LogP contribution in [0.5, 0.6) is 0 Å². The van der Waals surface area contributed by atoms with Gasteiger partial charge in [-0.15, -0.1) is 0 Å². The van der Waals surface area contributed by atoms with E-state index in [0.717, 1.165) is 16.5 Å². The number of halogens is 1. The number of fused-ring (bicyclic) bond motifs is 1. The van der Waals surface area contributed by atoms with Gasteiger partial charge >= 0.3 is 5.97 Å². The molecule has 1 aromatic carbocycles. The Balaban J connectivity index is 2.47. The van der Waals surface area contributed by atoms with Gasteiger partial charge in [-0.05, 0) is 18.6 Å². The molecule has 0 aliphatic carbocycles. The van der Waals surface area contributed by atoms with Gasteiger partial charge in [0.05, 0.1) is 11.4 Å². The minimum absolute atomic E-state index is 0.105. The van der Waals surface area contributed by atoms with Crippen molar-refractivity contribution in [2.45, 2.75) is 19.9 Å². The Morgan fingerprint density at radius 1 is 1.50 bits per heavy atom. The molecule has 0 spiro atoms. The SMILES string of the molecule is Cc1cccc2c1c(Cl)cn2CCC(=O)O. The van der Waals surface area contributed by atoms with Crippen LogP contribution in [0, 0.1) is 6.92 Å². The molecule has 0 bridgehead atoms. The fourth-order valence-corrected chi connectivity index (χ4v) is 2.24. The first-order chi connectivity index (χ1) is 7.59. The first-order valence-corrected chi connectivity index (χ1v) is 5.43. The van der Waals surface area contributed by atoms with Crippen LogP contribution >= 0.6 is 11.6 Å². The zero-order chi connectivity index (χ0) is 11.7. The number of carbonyl (C=O) groups is 1. The van der Waals surface area contributed by atoms with E-state index >= 15 is 0 Å². The summed E-state index contributed by atoms with van der Waals surface area (Å²) in [4.78, 5) is 10.5. The minimum atomic E-state index is -0.800. The molecule has 3 nitrogen and oxygen atoms in total. The maximum Gasteiger partial charge on any atom is 0.305 e. The van der Waals surface area contributed by atoms with Crippen molar-refractivity contribution in [1.82, 2.24) is 4.57 Å². The molecule has 4 heteroatoms. The standard InChI is InChI=1S/C12H12ClNO2/c1-8-3-2-4-10-12(8)9(13)7-14(10)6-5-11(15)16/h2-4,7H,5-6H2,1H3,(H,15,16). The molecule has 0 unspecified atom stereocenters. The first-order valence-electron chi connectivity index (χ1n) is 5.05. The molecule has 16 heavy (non-hydrogen) atoms. The predicted molar refractivity (Wildman–Crippen MR) is 63.9 cm³/mol. The lowest BCUT2D eigenvalue weighted by molar-refractivity contribution is -0.137. The minimum Gasteiger partial charge on any atom is -0.481 e. The Labute approximate surface area is 98.3 Å². The van der Waals surface area contributed by atoms with E-state index in [1.807, 2.05) is 29.7 Å². The highest BCUT2D eigenvalue weighted by molar-refractivity contribution is 6.35. The van der Waals surface area contributed by atoms with Crippen molar-refractivity contribution in [2.24, 2.45) is 0 Å². The van der Waals surface area contributed by atoms with Crippen LogP contribution in [0.3, 0.4) is 0 Å². The summed E-state index contributed by atoms with van der Waals surface area (Å²) in [5.74, 6) is -0.800. The monoisotopic (exact) mass is 237 g/mol. The molecule has 1 N–H and O–H groups in total. The average molecular weight is 238 g/mol. The van der Waals surface area contributed by atoms with Crippen LogP contribution in [-0.4, -0.2) is 15.6 Å². The number of hydrogen-bond acceptors (Lipinski definition) is 1. The number of aryl methyl sites for hydroxylation is 2. The summed E-state index contributed by atoms with van der Waals surface area (Å²) in [6, 6.07) is 5.90. The highest BCUT2D eigenvalue weighted by Crippen LogP contribution is 2.28. The normalized spacial score (nSPS) is 10.9. The highest BCUT2D eigenvalue weighted by atomic mass is 35.5. The van der Waals surface area contributed by atoms with Crippen LogP contribution in [-0.2, 0) is 11.3 Å². The van der Waals surface area contributed by atoms with Gasteiger partial charge in [-0.25, -0.2) is 0 Å². The van der Waals surface area contributed by atoms with Crippen molar-refractivity contribution in [3.63, 3.8) is 0 Å². The highest BCUT2D eigenvalue weighted by Gasteiger charge is 2.09. The van der Waals surface area contributed by atoms with Crippen LogP contribution in [0.1, 0.15) is 12.0 Å². The van der Waals surface area contributed by atoms with E-state index in [4.69, 9.17) is 16.7 Å². The molecular weight excluding hydrogens is 226 g/mol. The summed E-state index contributed by atoms with van der Waals surface area (Å²) in [6.07, 6.45) is 1.90. The number of aliphatic carboxylic acids is 1. The fraction of sp³-hybridized carbons (Fsp3) is 0.250. The van der Waals surface area contributed by atoms with E-state index in [2.05, 4.69) is 0 Å². The van der Waals surface area contributed by atoms with Gasteiger partial charge < -0.3 is 9.67 Å². The molecule has 1 aromatic heterocycles. The van der Waals surface area contributed by atoms with Crippen LogP contribution < -0.4 is 0 Å². The maximum absolute atomic E-state index is 10.5. The summed E-state index contributed by atoms with van der Waals surface area (Å²) in [6.45, 7) is 2.44. The molecule has 1 heterocycles. The molecule has 0 atom stereocenters. The third kappa shape index (κ3) is 1.91. The molecular formula is C12H12ClNO2. The number of rotatable bonds is 3. The summed E-state index contributed by atoms with van der Waals surface area (Å²) >= 11 is 6.13. The smallest absolute Gasteiger partial charge is 0.305 e. The molecule has 2 aromatic rings. The topological polar surface area (TPSA) is 42.2 Å². The lowest BCUT2D eigenvalue weighted by atomic mass is 10.1. The second-order valence-electron chi connectivity index (χ2n) is 3.78. The van der Waals surface area contributed by atoms with E-state index in [-0.39, 0.29) is 6.42 Å². The summed E-state index contributed by atoms with van der Waals surface area (Å²) in [5.41, 5.74) is 2.10. The van der Waals surface area contributed by atoms with Crippen LogP contribution in [0.2, 0.25) is 5.02 Å². The lowest BCUT2D eigenvalue weighted by Crippen LogP contribution is -2.03. The zero-order valence-corrected chi connectivity index (χ0v) is 9.66. The number of carboxylic acid groups (broad SMARTS) is 1. The fourth-order valence-electron chi connectivity index (χ4n) is 1.87. The largest absolute Gasteiger partial charge is 0.481 e. The Morgan fingerprint density at radius 3 is 2.94 bits per heavy atom. The van der Waals surface area contributed by atoms with Gasteiger partial charge in [0.2, 0.25) is 0 Å². The molecule has 0 radical (unpaired) electrons. The van der Waals surface area contributed by atoms with Crippen LogP contribution in [0.15, 0.2) is 24.4 Å². The van der Waals surface area contributed by atoms with Crippen molar-refractivity contribution in [1.29, 1.82) is 0 Å². The molecule has 84 valence electrons.